The average Bonchev–Trinajstić information content (AvgIpc) is 2.56. The normalized spacial score (nSPS) is 11.6. The molecule has 0 aliphatic heterocycles. The van der Waals surface area contributed by atoms with Crippen LogP contribution in [0.5, 0.6) is 5.75 Å². The van der Waals surface area contributed by atoms with Crippen molar-refractivity contribution in [3.63, 3.8) is 0 Å². The maximum absolute atomic E-state index is 10.6. The number of carboxylic acids is 1. The van der Waals surface area contributed by atoms with Crippen LogP contribution in [0.4, 0.5) is 0 Å². The van der Waals surface area contributed by atoms with E-state index in [1.54, 1.807) is 31.7 Å². The molecule has 4 heteroatoms. The number of pyridine rings is 1. The maximum atomic E-state index is 10.6. The van der Waals surface area contributed by atoms with Gasteiger partial charge in [0.1, 0.15) is 5.75 Å². The summed E-state index contributed by atoms with van der Waals surface area (Å²) in [6.45, 7) is 0. The van der Waals surface area contributed by atoms with Gasteiger partial charge < -0.3 is 9.84 Å². The zero-order valence-corrected chi connectivity index (χ0v) is 12.3. The molecule has 1 aromatic carbocycles. The van der Waals surface area contributed by atoms with Crippen LogP contribution in [0.15, 0.2) is 67.0 Å². The number of rotatable bonds is 6. The number of carboxylic acid groups (broad SMARTS) is 1. The highest BCUT2D eigenvalue weighted by Crippen LogP contribution is 2.24. The number of methoxy groups -OCH3 is 1. The minimum Gasteiger partial charge on any atom is -0.497 e. The van der Waals surface area contributed by atoms with Crippen molar-refractivity contribution in [1.29, 1.82) is 0 Å². The number of aromatic nitrogens is 1. The van der Waals surface area contributed by atoms with Crippen LogP contribution in [0, 0.1) is 0 Å². The molecule has 2 aromatic rings. The van der Waals surface area contributed by atoms with Gasteiger partial charge in [-0.05, 0) is 29.3 Å². The topological polar surface area (TPSA) is 59.4 Å². The summed E-state index contributed by atoms with van der Waals surface area (Å²) < 4.78 is 5.17. The predicted octanol–water partition coefficient (Wildman–Crippen LogP) is 3.55. The number of hydrogen-bond donors (Lipinski definition) is 1. The second-order valence-electron chi connectivity index (χ2n) is 4.58. The molecule has 2 rings (SSSR count). The summed E-state index contributed by atoms with van der Waals surface area (Å²) in [6, 6.07) is 11.5. The van der Waals surface area contributed by atoms with Crippen LogP contribution in [0.3, 0.4) is 0 Å². The van der Waals surface area contributed by atoms with E-state index in [0.717, 1.165) is 22.4 Å². The lowest BCUT2D eigenvalue weighted by atomic mass is 9.98. The van der Waals surface area contributed by atoms with Crippen LogP contribution in [0.25, 0.3) is 5.57 Å². The molecule has 0 aliphatic carbocycles. The lowest BCUT2D eigenvalue weighted by molar-refractivity contribution is -0.136. The molecule has 4 nitrogen and oxygen atoms in total. The van der Waals surface area contributed by atoms with E-state index >= 15 is 0 Å². The molecule has 0 bridgehead atoms. The predicted molar refractivity (Wildman–Crippen MR) is 85.7 cm³/mol. The summed E-state index contributed by atoms with van der Waals surface area (Å²) in [6.07, 6.45) is 8.75. The largest absolute Gasteiger partial charge is 0.497 e. The highest BCUT2D eigenvalue weighted by Gasteiger charge is 2.04. The summed E-state index contributed by atoms with van der Waals surface area (Å²) in [7, 11) is 1.63. The molecule has 22 heavy (non-hydrogen) atoms. The fourth-order valence-corrected chi connectivity index (χ4v) is 1.98. The summed E-state index contributed by atoms with van der Waals surface area (Å²) in [5.41, 5.74) is 2.94. The number of benzene rings is 1. The van der Waals surface area contributed by atoms with Gasteiger partial charge in [-0.25, -0.2) is 0 Å². The van der Waals surface area contributed by atoms with Crippen molar-refractivity contribution in [1.82, 2.24) is 4.98 Å². The summed E-state index contributed by atoms with van der Waals surface area (Å²) in [4.78, 5) is 14.7. The fraction of sp³-hybridized carbons (Fsp3) is 0.111. The van der Waals surface area contributed by atoms with Crippen molar-refractivity contribution in [3.05, 3.63) is 78.1 Å². The number of nitrogens with zero attached hydrogens (tertiary/aromatic N) is 1. The maximum Gasteiger partial charge on any atom is 0.307 e. The van der Waals surface area contributed by atoms with Gasteiger partial charge >= 0.3 is 5.97 Å². The van der Waals surface area contributed by atoms with Gasteiger partial charge in [0.15, 0.2) is 0 Å². The first kappa shape index (κ1) is 15.5. The highest BCUT2D eigenvalue weighted by molar-refractivity contribution is 5.80. The summed E-state index contributed by atoms with van der Waals surface area (Å²) in [5, 5.41) is 8.67. The standard InChI is InChI=1S/C18H17NO3/c1-22-16-10-8-14(9-11-16)17(6-2-3-7-18(20)21)15-5-4-12-19-13-15/h2-6,8-13H,7H2,1H3,(H,20,21)/b3-2+,17-6-. The second kappa shape index (κ2) is 7.78. The van der Waals surface area contributed by atoms with Gasteiger partial charge in [-0.3, -0.25) is 9.78 Å². The first-order valence-electron chi connectivity index (χ1n) is 6.84. The van der Waals surface area contributed by atoms with Crippen LogP contribution in [0.2, 0.25) is 0 Å². The number of allylic oxidation sites excluding steroid dienone is 2. The third-order valence-corrected chi connectivity index (χ3v) is 3.07. The first-order chi connectivity index (χ1) is 10.7. The fourth-order valence-electron chi connectivity index (χ4n) is 1.98. The van der Waals surface area contributed by atoms with Gasteiger partial charge in [-0.2, -0.15) is 0 Å². The third-order valence-electron chi connectivity index (χ3n) is 3.07. The van der Waals surface area contributed by atoms with Crippen LogP contribution in [0.1, 0.15) is 17.5 Å². The Balaban J connectivity index is 2.34. The molecule has 0 fully saturated rings. The first-order valence-corrected chi connectivity index (χ1v) is 6.84. The third kappa shape index (κ3) is 4.31. The minimum absolute atomic E-state index is 0.000563. The van der Waals surface area contributed by atoms with Gasteiger partial charge in [0, 0.05) is 18.0 Å². The van der Waals surface area contributed by atoms with E-state index in [2.05, 4.69) is 4.98 Å². The highest BCUT2D eigenvalue weighted by atomic mass is 16.5. The minimum atomic E-state index is -0.850. The molecular formula is C18H17NO3. The van der Waals surface area contributed by atoms with Crippen molar-refractivity contribution in [3.8, 4) is 5.75 Å². The monoisotopic (exact) mass is 295 g/mol. The average molecular weight is 295 g/mol. The zero-order valence-electron chi connectivity index (χ0n) is 12.3. The molecule has 0 unspecified atom stereocenters. The smallest absolute Gasteiger partial charge is 0.307 e. The molecule has 1 heterocycles. The van der Waals surface area contributed by atoms with E-state index in [4.69, 9.17) is 9.84 Å². The Morgan fingerprint density at radius 3 is 2.59 bits per heavy atom. The number of carbonyl (C=O) groups is 1. The van der Waals surface area contributed by atoms with Crippen molar-refractivity contribution < 1.29 is 14.6 Å². The molecule has 0 atom stereocenters. The van der Waals surface area contributed by atoms with E-state index in [0.29, 0.717) is 0 Å². The SMILES string of the molecule is COc1ccc(/C(=C/C=C/CC(=O)O)c2cccnc2)cc1. The lowest BCUT2D eigenvalue weighted by Crippen LogP contribution is -1.91. The quantitative estimate of drug-likeness (QED) is 0.828. The van der Waals surface area contributed by atoms with Crippen molar-refractivity contribution >= 4 is 11.5 Å². The molecular weight excluding hydrogens is 278 g/mol. The van der Waals surface area contributed by atoms with E-state index < -0.39 is 5.97 Å². The van der Waals surface area contributed by atoms with Crippen LogP contribution in [-0.2, 0) is 4.79 Å². The Bertz CT molecular complexity index is 673. The molecule has 112 valence electrons. The van der Waals surface area contributed by atoms with Gasteiger partial charge in [0.05, 0.1) is 13.5 Å². The van der Waals surface area contributed by atoms with Crippen molar-refractivity contribution in [2.45, 2.75) is 6.42 Å². The molecule has 1 N–H and O–H groups in total. The van der Waals surface area contributed by atoms with Gasteiger partial charge in [0.25, 0.3) is 0 Å². The van der Waals surface area contributed by atoms with Crippen LogP contribution < -0.4 is 4.74 Å². The van der Waals surface area contributed by atoms with E-state index in [1.165, 1.54) is 0 Å². The lowest BCUT2D eigenvalue weighted by Gasteiger charge is -2.08. The Morgan fingerprint density at radius 1 is 1.23 bits per heavy atom. The van der Waals surface area contributed by atoms with Crippen molar-refractivity contribution in [2.24, 2.45) is 0 Å². The van der Waals surface area contributed by atoms with Gasteiger partial charge in [0.2, 0.25) is 0 Å². The van der Waals surface area contributed by atoms with Crippen molar-refractivity contribution in [2.75, 3.05) is 7.11 Å². The molecule has 0 amide bonds. The van der Waals surface area contributed by atoms with Crippen LogP contribution >= 0.6 is 0 Å². The molecule has 0 saturated heterocycles. The number of hydrogen-bond acceptors (Lipinski definition) is 3. The Hall–Kier alpha value is -2.88. The summed E-state index contributed by atoms with van der Waals surface area (Å²) >= 11 is 0. The molecule has 0 aliphatic rings. The van der Waals surface area contributed by atoms with Gasteiger partial charge in [-0.1, -0.05) is 36.4 Å². The number of aliphatic carboxylic acids is 1. The van der Waals surface area contributed by atoms with Crippen LogP contribution in [-0.4, -0.2) is 23.2 Å². The second-order valence-corrected chi connectivity index (χ2v) is 4.58. The van der Waals surface area contributed by atoms with E-state index in [-0.39, 0.29) is 6.42 Å². The Labute approximate surface area is 129 Å². The molecule has 0 radical (unpaired) electrons. The van der Waals surface area contributed by atoms with E-state index in [9.17, 15) is 4.79 Å². The number of ether oxygens (including phenoxy) is 1. The Morgan fingerprint density at radius 2 is 2.00 bits per heavy atom. The Kier molecular flexibility index (Phi) is 5.49. The zero-order chi connectivity index (χ0) is 15.8. The molecule has 0 saturated carbocycles. The summed E-state index contributed by atoms with van der Waals surface area (Å²) in [5.74, 6) is -0.0623. The molecule has 0 spiro atoms. The van der Waals surface area contributed by atoms with E-state index in [1.807, 2.05) is 42.5 Å². The molecule has 1 aromatic heterocycles. The van der Waals surface area contributed by atoms with Gasteiger partial charge in [-0.15, -0.1) is 0 Å².